The fourth-order valence-corrected chi connectivity index (χ4v) is 9.16. The van der Waals surface area contributed by atoms with Crippen molar-refractivity contribution < 1.29 is 30.5 Å². The Hall–Kier alpha value is -3.31. The lowest BCUT2D eigenvalue weighted by molar-refractivity contribution is -0.693. The van der Waals surface area contributed by atoms with Gasteiger partial charge in [-0.05, 0) is 36.6 Å². The summed E-state index contributed by atoms with van der Waals surface area (Å²) in [4.78, 5) is 16.5. The van der Waals surface area contributed by atoms with Gasteiger partial charge in [-0.15, -0.1) is 11.3 Å². The Kier molecular flexibility index (Phi) is 11.4. The minimum absolute atomic E-state index is 0.151. The van der Waals surface area contributed by atoms with E-state index in [1.807, 2.05) is 101 Å². The molecule has 3 heterocycles. The molecule has 2 aromatic heterocycles. The van der Waals surface area contributed by atoms with Crippen molar-refractivity contribution in [2.45, 2.75) is 32.9 Å². The number of aryl methyl sites for hydroxylation is 1. The van der Waals surface area contributed by atoms with E-state index >= 15 is 0 Å². The molecule has 1 aliphatic heterocycles. The molecular formula is C32H33N3O7S5. The number of allylic oxidation sites excluding steroid dienone is 1. The molecule has 0 atom stereocenters. The number of hydrogen-bond donors (Lipinski definition) is 1. The highest BCUT2D eigenvalue weighted by atomic mass is 32.2. The summed E-state index contributed by atoms with van der Waals surface area (Å²) < 4.78 is 70.6. The number of rotatable bonds is 13. The normalized spacial score (nSPS) is 15.6. The van der Waals surface area contributed by atoms with Crippen molar-refractivity contribution in [3.8, 4) is 10.4 Å². The second kappa shape index (κ2) is 15.3. The Labute approximate surface area is 285 Å². The third kappa shape index (κ3) is 9.41. The third-order valence-electron chi connectivity index (χ3n) is 7.20. The molecule has 10 nitrogen and oxygen atoms in total. The molecule has 0 fully saturated rings. The molecule has 0 bridgehead atoms. The molecule has 2 aromatic carbocycles. The van der Waals surface area contributed by atoms with Gasteiger partial charge in [0.25, 0.3) is 20.7 Å². The van der Waals surface area contributed by atoms with Crippen LogP contribution in [0.5, 0.6) is 0 Å². The Morgan fingerprint density at radius 2 is 1.60 bits per heavy atom. The SMILES string of the molecule is CCn1c(=O)/c(=C\C=C2/SC=C(c3ccccc3)N2CCCS(=O)(=O)O)s/c1=C\c1sc(-c2ccccc2)c[n+]1CCCS(=O)(=O)[O-]. The molecule has 0 aliphatic carbocycles. The van der Waals surface area contributed by atoms with Crippen molar-refractivity contribution in [1.29, 1.82) is 0 Å². The summed E-state index contributed by atoms with van der Waals surface area (Å²) in [7, 11) is -8.45. The van der Waals surface area contributed by atoms with E-state index in [2.05, 4.69) is 0 Å². The summed E-state index contributed by atoms with van der Waals surface area (Å²) in [5.74, 6) is -0.825. The van der Waals surface area contributed by atoms with Crippen LogP contribution in [0.15, 0.2) is 88.2 Å². The Bertz CT molecular complexity index is 2190. The number of nitrogens with zero attached hydrogens (tertiary/aromatic N) is 3. The quantitative estimate of drug-likeness (QED) is 0.161. The van der Waals surface area contributed by atoms with Crippen molar-refractivity contribution >= 4 is 72.5 Å². The third-order valence-corrected chi connectivity index (χ3v) is 11.9. The van der Waals surface area contributed by atoms with Crippen molar-refractivity contribution in [3.05, 3.63) is 113 Å². The van der Waals surface area contributed by atoms with Gasteiger partial charge < -0.3 is 9.45 Å². The number of thiazole rings is 2. The predicted octanol–water partition coefficient (Wildman–Crippen LogP) is 3.66. The van der Waals surface area contributed by atoms with Gasteiger partial charge in [0.1, 0.15) is 9.54 Å². The number of aromatic nitrogens is 2. The van der Waals surface area contributed by atoms with E-state index in [1.54, 1.807) is 10.6 Å². The molecule has 0 amide bonds. The first-order chi connectivity index (χ1) is 22.4. The molecule has 0 saturated carbocycles. The highest BCUT2D eigenvalue weighted by Crippen LogP contribution is 2.39. The second-order valence-electron chi connectivity index (χ2n) is 10.6. The minimum atomic E-state index is -4.34. The van der Waals surface area contributed by atoms with Gasteiger partial charge in [-0.2, -0.15) is 13.0 Å². The van der Waals surface area contributed by atoms with Crippen molar-refractivity contribution in [2.75, 3.05) is 18.1 Å². The van der Waals surface area contributed by atoms with E-state index in [0.717, 1.165) is 36.4 Å². The van der Waals surface area contributed by atoms with Gasteiger partial charge in [0, 0.05) is 30.7 Å². The Balaban J connectivity index is 1.51. The topological polar surface area (TPSA) is 141 Å². The van der Waals surface area contributed by atoms with E-state index < -0.39 is 26.0 Å². The summed E-state index contributed by atoms with van der Waals surface area (Å²) in [5, 5.41) is 3.62. The van der Waals surface area contributed by atoms with Crippen molar-refractivity contribution in [3.63, 3.8) is 0 Å². The lowest BCUT2D eigenvalue weighted by Crippen LogP contribution is -2.36. The van der Waals surface area contributed by atoms with Crippen LogP contribution < -0.4 is 19.3 Å². The van der Waals surface area contributed by atoms with Crippen LogP contribution in [0.1, 0.15) is 30.3 Å². The standard InChI is InChI=1S/C32H33N3O7S5/c1-2-34-31(21-30-33(17-9-19-46(37,38)39)22-28(45-30)25-13-7-4-8-14-25)44-27(32(34)36)15-16-29-35(18-10-20-47(40,41)42)26(23-43-29)24-11-5-3-6-12-24/h3-8,11-16,21-23H,2,9-10,17-20H2,1H3,(H-,37,38,39,40,41,42)/b27-15+,29-16-. The van der Waals surface area contributed by atoms with Gasteiger partial charge in [-0.3, -0.25) is 13.9 Å². The maximum Gasteiger partial charge on any atom is 0.269 e. The molecule has 1 N–H and O–H groups in total. The van der Waals surface area contributed by atoms with E-state index in [9.17, 15) is 30.7 Å². The van der Waals surface area contributed by atoms with E-state index in [0.29, 0.717) is 24.2 Å². The molecule has 1 aliphatic rings. The fourth-order valence-electron chi connectivity index (χ4n) is 5.01. The van der Waals surface area contributed by atoms with E-state index in [-0.39, 0.29) is 24.2 Å². The zero-order valence-corrected chi connectivity index (χ0v) is 29.5. The highest BCUT2D eigenvalue weighted by molar-refractivity contribution is 8.06. The van der Waals surface area contributed by atoms with Gasteiger partial charge in [0.05, 0.1) is 37.2 Å². The summed E-state index contributed by atoms with van der Waals surface area (Å²) in [6.07, 6.45) is 7.86. The van der Waals surface area contributed by atoms with Crippen LogP contribution in [0.2, 0.25) is 0 Å². The van der Waals surface area contributed by atoms with Gasteiger partial charge in [0.15, 0.2) is 12.7 Å². The lowest BCUT2D eigenvalue weighted by Gasteiger charge is -2.23. The van der Waals surface area contributed by atoms with Gasteiger partial charge >= 0.3 is 0 Å². The van der Waals surface area contributed by atoms with Crippen LogP contribution in [-0.4, -0.2) is 53.5 Å². The molecule has 0 unspecified atom stereocenters. The van der Waals surface area contributed by atoms with Crippen molar-refractivity contribution in [1.82, 2.24) is 9.47 Å². The van der Waals surface area contributed by atoms with Crippen LogP contribution in [0.3, 0.4) is 0 Å². The maximum absolute atomic E-state index is 13.5. The maximum atomic E-state index is 13.5. The Morgan fingerprint density at radius 1 is 0.915 bits per heavy atom. The first kappa shape index (κ1) is 35.0. The zero-order chi connectivity index (χ0) is 33.6. The number of hydrogen-bond acceptors (Lipinski definition) is 10. The summed E-state index contributed by atoms with van der Waals surface area (Å²) in [6.45, 7) is 3.01. The summed E-state index contributed by atoms with van der Waals surface area (Å²) in [6, 6.07) is 19.5. The smallest absolute Gasteiger partial charge is 0.269 e. The van der Waals surface area contributed by atoms with Crippen LogP contribution in [0, 0.1) is 0 Å². The molecule has 248 valence electrons. The molecule has 15 heteroatoms. The lowest BCUT2D eigenvalue weighted by atomic mass is 10.1. The van der Waals surface area contributed by atoms with Gasteiger partial charge in [0.2, 0.25) is 0 Å². The zero-order valence-electron chi connectivity index (χ0n) is 25.4. The van der Waals surface area contributed by atoms with Crippen LogP contribution in [0.25, 0.3) is 28.3 Å². The monoisotopic (exact) mass is 731 g/mol. The second-order valence-corrected chi connectivity index (χ2v) is 16.7. The van der Waals surface area contributed by atoms with E-state index in [4.69, 9.17) is 0 Å². The summed E-state index contributed by atoms with van der Waals surface area (Å²) in [5.41, 5.74) is 2.71. The first-order valence-electron chi connectivity index (χ1n) is 14.7. The Morgan fingerprint density at radius 3 is 2.23 bits per heavy atom. The van der Waals surface area contributed by atoms with Crippen LogP contribution >= 0.6 is 34.4 Å². The molecular weight excluding hydrogens is 699 g/mol. The number of thioether (sulfide) groups is 1. The minimum Gasteiger partial charge on any atom is -0.748 e. The predicted molar refractivity (Wildman–Crippen MR) is 188 cm³/mol. The largest absolute Gasteiger partial charge is 0.748 e. The molecule has 47 heavy (non-hydrogen) atoms. The van der Waals surface area contributed by atoms with Gasteiger partial charge in [-0.1, -0.05) is 83.8 Å². The average molecular weight is 732 g/mol. The summed E-state index contributed by atoms with van der Waals surface area (Å²) >= 11 is 4.32. The highest BCUT2D eigenvalue weighted by Gasteiger charge is 2.23. The van der Waals surface area contributed by atoms with Crippen LogP contribution in [0.4, 0.5) is 0 Å². The van der Waals surface area contributed by atoms with Crippen molar-refractivity contribution in [2.24, 2.45) is 0 Å². The molecule has 4 aromatic rings. The average Bonchev–Trinajstić information content (AvgIpc) is 3.71. The number of benzene rings is 2. The molecule has 0 spiro atoms. The van der Waals surface area contributed by atoms with E-state index in [1.165, 1.54) is 34.4 Å². The molecule has 5 rings (SSSR count). The fraction of sp³-hybridized carbons (Fsp3) is 0.250. The molecule has 0 radical (unpaired) electrons. The van der Waals surface area contributed by atoms with Crippen LogP contribution in [-0.2, 0) is 33.3 Å². The first-order valence-corrected chi connectivity index (χ1v) is 20.4. The molecule has 0 saturated heterocycles. The van der Waals surface area contributed by atoms with Gasteiger partial charge in [-0.25, -0.2) is 8.42 Å².